The predicted octanol–water partition coefficient (Wildman–Crippen LogP) is 10.9. The van der Waals surface area contributed by atoms with E-state index in [1.807, 2.05) is 0 Å². The van der Waals surface area contributed by atoms with Crippen LogP contribution in [0.15, 0.2) is 133 Å². The van der Waals surface area contributed by atoms with Gasteiger partial charge in [-0.25, -0.2) is 0 Å². The van der Waals surface area contributed by atoms with Crippen molar-refractivity contribution in [3.8, 4) is 44.5 Å². The van der Waals surface area contributed by atoms with Crippen LogP contribution in [0.2, 0.25) is 52.4 Å². The molecule has 0 saturated carbocycles. The SMILES string of the molecule is C[Si]1(C)O[Si](C)(C)c2pc(c(-c3ccccc3)cc2-c2ccccc2)[Si](C)(C)O[Si](C)(C)c2pc1c(-c1ccccc1)cc2-c1ccccc1. The number of benzene rings is 4. The topological polar surface area (TPSA) is 18.5 Å². The lowest BCUT2D eigenvalue weighted by Gasteiger charge is -2.41. The molecule has 1 aliphatic heterocycles. The molecule has 4 aromatic carbocycles. The molecule has 0 fully saturated rings. The Kier molecular flexibility index (Phi) is 9.55. The lowest BCUT2D eigenvalue weighted by atomic mass is 10.0. The molecule has 1 aliphatic rings. The average Bonchev–Trinajstić information content (AvgIpc) is 3.11. The van der Waals surface area contributed by atoms with E-state index in [9.17, 15) is 0 Å². The van der Waals surface area contributed by atoms with Gasteiger partial charge in [0, 0.05) is 19.7 Å². The summed E-state index contributed by atoms with van der Waals surface area (Å²) in [5.41, 5.74) is 10.4. The molecule has 0 atom stereocenters. The monoisotopic (exact) mass is 756 g/mol. The van der Waals surface area contributed by atoms with Crippen LogP contribution in [-0.2, 0) is 8.23 Å². The van der Waals surface area contributed by atoms with Gasteiger partial charge in [0.15, 0.2) is 0 Å². The van der Waals surface area contributed by atoms with Gasteiger partial charge in [0.1, 0.15) is 0 Å². The van der Waals surface area contributed by atoms with Gasteiger partial charge in [0.05, 0.1) is 0 Å². The third kappa shape index (κ3) is 6.81. The van der Waals surface area contributed by atoms with Crippen LogP contribution in [-0.4, -0.2) is 33.3 Å². The predicted molar refractivity (Wildman–Crippen MR) is 230 cm³/mol. The summed E-state index contributed by atoms with van der Waals surface area (Å²) in [5, 5.41) is 0. The summed E-state index contributed by atoms with van der Waals surface area (Å²) in [7, 11) is -7.43. The molecule has 0 radical (unpaired) electrons. The minimum atomic E-state index is -2.49. The van der Waals surface area contributed by atoms with Crippen LogP contribution in [0.1, 0.15) is 0 Å². The first-order valence-electron chi connectivity index (χ1n) is 17.5. The van der Waals surface area contributed by atoms with Crippen molar-refractivity contribution in [3.63, 3.8) is 0 Å². The maximum absolute atomic E-state index is 7.84. The van der Waals surface area contributed by atoms with Crippen LogP contribution in [0.25, 0.3) is 44.5 Å². The zero-order chi connectivity index (χ0) is 35.3. The third-order valence-electron chi connectivity index (χ3n) is 9.69. The molecule has 0 aliphatic carbocycles. The molecule has 6 aromatic rings. The first-order valence-corrected chi connectivity index (χ1v) is 30.9. The van der Waals surface area contributed by atoms with Crippen molar-refractivity contribution in [2.24, 2.45) is 0 Å². The highest BCUT2D eigenvalue weighted by Crippen LogP contribution is 2.38. The van der Waals surface area contributed by atoms with Crippen LogP contribution >= 0.6 is 16.4 Å². The van der Waals surface area contributed by atoms with Crippen molar-refractivity contribution >= 4 is 69.3 Å². The lowest BCUT2D eigenvalue weighted by Crippen LogP contribution is -2.61. The molecule has 8 heteroatoms. The maximum atomic E-state index is 7.84. The number of rotatable bonds is 4. The highest BCUT2D eigenvalue weighted by Gasteiger charge is 2.45. The van der Waals surface area contributed by atoms with Crippen LogP contribution in [0.3, 0.4) is 0 Å². The second-order valence-electron chi connectivity index (χ2n) is 15.3. The number of fused-ring (bicyclic) bond motifs is 4. The Hall–Kier alpha value is -3.03. The van der Waals surface area contributed by atoms with Gasteiger partial charge in [-0.05, 0) is 109 Å². The third-order valence-corrected chi connectivity index (χ3v) is 33.2. The van der Waals surface area contributed by atoms with E-state index in [2.05, 4.69) is 186 Å². The normalized spacial score (nSPS) is 17.3. The van der Waals surface area contributed by atoms with Gasteiger partial charge in [-0.1, -0.05) is 138 Å². The lowest BCUT2D eigenvalue weighted by molar-refractivity contribution is 0.575. The minimum Gasteiger partial charge on any atom is -0.448 e. The van der Waals surface area contributed by atoms with E-state index in [1.54, 1.807) is 0 Å². The first kappa shape index (κ1) is 35.4. The molecule has 2 nitrogen and oxygen atoms in total. The fraction of sp³-hybridized carbons (Fsp3) is 0.190. The fourth-order valence-corrected chi connectivity index (χ4v) is 32.6. The van der Waals surface area contributed by atoms with Crippen molar-refractivity contribution in [2.45, 2.75) is 52.4 Å². The van der Waals surface area contributed by atoms with E-state index < -0.39 is 33.3 Å². The molecule has 3 heterocycles. The summed E-state index contributed by atoms with van der Waals surface area (Å²) in [6.07, 6.45) is 0. The Morgan fingerprint density at radius 2 is 0.520 bits per heavy atom. The Morgan fingerprint density at radius 3 is 0.720 bits per heavy atom. The molecule has 4 bridgehead atoms. The smallest absolute Gasteiger partial charge is 0.211 e. The van der Waals surface area contributed by atoms with E-state index in [0.29, 0.717) is 0 Å². The highest BCUT2D eigenvalue weighted by molar-refractivity contribution is 7.52. The van der Waals surface area contributed by atoms with Crippen molar-refractivity contribution in [1.82, 2.24) is 0 Å². The molecule has 0 saturated heterocycles. The summed E-state index contributed by atoms with van der Waals surface area (Å²) in [6.45, 7) is 19.6. The molecular weight excluding hydrogens is 711 g/mol. The average molecular weight is 757 g/mol. The fourth-order valence-electron chi connectivity index (χ4n) is 7.68. The number of hydrogen-bond donors (Lipinski definition) is 0. The standard InChI is InChI=1S/C42H46O2P2Si4/c1-47(2)39-35(31-21-13-9-14-22-31)29-36(32-23-15-10-16-24-32)40(45-39)49(5,6)44-50(7,8)42-38(34-27-19-12-20-28-34)30-37(33-25-17-11-18-26-33)41(46-42)48(3,4)43-47/h9-30H,1-8H3. The van der Waals surface area contributed by atoms with Crippen molar-refractivity contribution in [1.29, 1.82) is 0 Å². The van der Waals surface area contributed by atoms with Gasteiger partial charge in [0.2, 0.25) is 33.3 Å². The summed E-state index contributed by atoms with van der Waals surface area (Å²) < 4.78 is 15.7. The highest BCUT2D eigenvalue weighted by atomic mass is 31.0. The zero-order valence-corrected chi connectivity index (χ0v) is 36.2. The minimum absolute atomic E-state index is 1.26. The molecular formula is C42H46O2P2Si4. The van der Waals surface area contributed by atoms with Gasteiger partial charge in [0.25, 0.3) is 0 Å². The summed E-state index contributed by atoms with van der Waals surface area (Å²) in [5.74, 6) is 0. The van der Waals surface area contributed by atoms with Gasteiger partial charge < -0.3 is 8.23 Å². The van der Waals surface area contributed by atoms with E-state index in [-0.39, 0.29) is 0 Å². The Balaban J connectivity index is 1.57. The molecule has 0 unspecified atom stereocenters. The molecule has 0 spiro atoms. The summed E-state index contributed by atoms with van der Waals surface area (Å²) in [6, 6.07) is 49.0. The molecule has 50 heavy (non-hydrogen) atoms. The van der Waals surface area contributed by atoms with Gasteiger partial charge >= 0.3 is 0 Å². The van der Waals surface area contributed by atoms with Gasteiger partial charge in [-0.2, -0.15) is 0 Å². The van der Waals surface area contributed by atoms with Gasteiger partial charge in [-0.3, -0.25) is 0 Å². The zero-order valence-electron chi connectivity index (χ0n) is 30.4. The summed E-state index contributed by atoms with van der Waals surface area (Å²) in [4.78, 5) is 5.84. The molecule has 0 N–H and O–H groups in total. The van der Waals surface area contributed by atoms with E-state index >= 15 is 0 Å². The maximum Gasteiger partial charge on any atom is 0.211 e. The van der Waals surface area contributed by atoms with Crippen LogP contribution in [0, 0.1) is 0 Å². The Morgan fingerprint density at radius 1 is 0.320 bits per heavy atom. The van der Waals surface area contributed by atoms with E-state index in [1.165, 1.54) is 80.6 Å². The second kappa shape index (κ2) is 13.5. The Bertz CT molecular complexity index is 1850. The van der Waals surface area contributed by atoms with Crippen molar-refractivity contribution in [3.05, 3.63) is 133 Å². The van der Waals surface area contributed by atoms with E-state index in [4.69, 9.17) is 8.23 Å². The molecule has 7 rings (SSSR count). The molecule has 0 amide bonds. The number of hydrogen-bond acceptors (Lipinski definition) is 2. The van der Waals surface area contributed by atoms with Gasteiger partial charge in [-0.15, -0.1) is 0 Å². The summed E-state index contributed by atoms with van der Waals surface area (Å²) >= 11 is 0. The van der Waals surface area contributed by atoms with E-state index in [0.717, 1.165) is 0 Å². The quantitative estimate of drug-likeness (QED) is 0.167. The van der Waals surface area contributed by atoms with Crippen LogP contribution < -0.4 is 19.7 Å². The van der Waals surface area contributed by atoms with Crippen LogP contribution in [0.4, 0.5) is 0 Å². The Labute approximate surface area is 306 Å². The first-order chi connectivity index (χ1) is 23.8. The van der Waals surface area contributed by atoms with Crippen molar-refractivity contribution < 1.29 is 8.23 Å². The largest absolute Gasteiger partial charge is 0.448 e. The van der Waals surface area contributed by atoms with Crippen molar-refractivity contribution in [2.75, 3.05) is 0 Å². The van der Waals surface area contributed by atoms with Crippen LogP contribution in [0.5, 0.6) is 0 Å². The molecule has 2 aromatic heterocycles. The second-order valence-corrected chi connectivity index (χ2v) is 34.9. The molecule has 252 valence electrons.